The zero-order valence-corrected chi connectivity index (χ0v) is 17.9. The van der Waals surface area contributed by atoms with Gasteiger partial charge in [-0.25, -0.2) is 8.42 Å². The summed E-state index contributed by atoms with van der Waals surface area (Å²) in [5.41, 5.74) is 0.689. The van der Waals surface area contributed by atoms with E-state index in [4.69, 9.17) is 16.1 Å². The number of halogens is 2. The van der Waals surface area contributed by atoms with Crippen LogP contribution >= 0.6 is 27.5 Å². The van der Waals surface area contributed by atoms with Crippen LogP contribution in [0.5, 0.6) is 0 Å². The van der Waals surface area contributed by atoms with Crippen molar-refractivity contribution in [3.63, 3.8) is 0 Å². The summed E-state index contributed by atoms with van der Waals surface area (Å²) < 4.78 is 33.7. The fourth-order valence-corrected chi connectivity index (χ4v) is 5.28. The van der Waals surface area contributed by atoms with Crippen molar-refractivity contribution in [2.24, 2.45) is 0 Å². The summed E-state index contributed by atoms with van der Waals surface area (Å²) in [7, 11) is -3.57. The highest BCUT2D eigenvalue weighted by Gasteiger charge is 2.33. The average molecular weight is 483 g/mol. The second-order valence-corrected chi connectivity index (χ2v) is 9.85. The van der Waals surface area contributed by atoms with E-state index in [-0.39, 0.29) is 10.8 Å². The molecule has 4 rings (SSSR count). The quantitative estimate of drug-likeness (QED) is 0.538. The Bertz CT molecular complexity index is 1090. The molecular formula is C19H17BrClN3O3S. The molecule has 3 aromatic rings. The van der Waals surface area contributed by atoms with Crippen LogP contribution in [0.3, 0.4) is 0 Å². The van der Waals surface area contributed by atoms with E-state index in [1.54, 1.807) is 30.3 Å². The molecule has 6 nitrogen and oxygen atoms in total. The van der Waals surface area contributed by atoms with Gasteiger partial charge in [-0.05, 0) is 49.2 Å². The summed E-state index contributed by atoms with van der Waals surface area (Å²) in [5.74, 6) is 0.696. The van der Waals surface area contributed by atoms with Crippen molar-refractivity contribution in [3.05, 3.63) is 63.9 Å². The minimum Gasteiger partial charge on any atom is -0.339 e. The molecule has 1 fully saturated rings. The van der Waals surface area contributed by atoms with Gasteiger partial charge in [0.1, 0.15) is 0 Å². The van der Waals surface area contributed by atoms with E-state index >= 15 is 0 Å². The summed E-state index contributed by atoms with van der Waals surface area (Å²) in [5, 5.41) is 4.57. The molecule has 0 N–H and O–H groups in total. The maximum atomic E-state index is 13.0. The highest BCUT2D eigenvalue weighted by atomic mass is 79.9. The predicted octanol–water partition coefficient (Wildman–Crippen LogP) is 4.72. The number of hydrogen-bond donors (Lipinski definition) is 0. The van der Waals surface area contributed by atoms with Gasteiger partial charge in [-0.2, -0.15) is 9.29 Å². The topological polar surface area (TPSA) is 76.3 Å². The third-order valence-corrected chi connectivity index (χ3v) is 7.48. The predicted molar refractivity (Wildman–Crippen MR) is 110 cm³/mol. The summed E-state index contributed by atoms with van der Waals surface area (Å²) in [6.07, 6.45) is 1.51. The van der Waals surface area contributed by atoms with Crippen LogP contribution in [0.25, 0.3) is 11.4 Å². The molecule has 9 heteroatoms. The van der Waals surface area contributed by atoms with Gasteiger partial charge in [0.05, 0.1) is 15.8 Å². The minimum absolute atomic E-state index is 0.150. The van der Waals surface area contributed by atoms with Crippen LogP contribution in [0.1, 0.15) is 24.7 Å². The number of piperidine rings is 1. The summed E-state index contributed by atoms with van der Waals surface area (Å²) in [6.45, 7) is 0.781. The highest BCUT2D eigenvalue weighted by Crippen LogP contribution is 2.32. The fraction of sp³-hybridized carbons (Fsp3) is 0.263. The molecule has 28 heavy (non-hydrogen) atoms. The lowest BCUT2D eigenvalue weighted by Crippen LogP contribution is -2.39. The fourth-order valence-electron chi connectivity index (χ4n) is 3.27. The summed E-state index contributed by atoms with van der Waals surface area (Å²) in [6, 6.07) is 13.9. The van der Waals surface area contributed by atoms with Gasteiger partial charge in [-0.1, -0.05) is 44.8 Å². The lowest BCUT2D eigenvalue weighted by molar-refractivity contribution is 0.265. The Balaban J connectivity index is 1.56. The van der Waals surface area contributed by atoms with E-state index in [1.165, 1.54) is 4.31 Å². The van der Waals surface area contributed by atoms with E-state index in [1.807, 2.05) is 18.2 Å². The van der Waals surface area contributed by atoms with Gasteiger partial charge in [0.25, 0.3) is 0 Å². The Labute approximate surface area is 176 Å². The number of rotatable bonds is 4. The van der Waals surface area contributed by atoms with Gasteiger partial charge in [0, 0.05) is 23.1 Å². The van der Waals surface area contributed by atoms with Gasteiger partial charge in [0.15, 0.2) is 0 Å². The van der Waals surface area contributed by atoms with Crippen LogP contribution in [0.4, 0.5) is 0 Å². The Morgan fingerprint density at radius 2 is 1.89 bits per heavy atom. The second kappa shape index (κ2) is 7.94. The molecule has 1 atom stereocenters. The van der Waals surface area contributed by atoms with E-state index < -0.39 is 10.0 Å². The Morgan fingerprint density at radius 3 is 2.64 bits per heavy atom. The molecule has 0 bridgehead atoms. The minimum atomic E-state index is -3.57. The van der Waals surface area contributed by atoms with E-state index in [2.05, 4.69) is 26.1 Å². The molecule has 2 heterocycles. The van der Waals surface area contributed by atoms with Crippen molar-refractivity contribution in [3.8, 4) is 11.4 Å². The number of benzene rings is 2. The number of aromatic nitrogens is 2. The standard InChI is InChI=1S/C19H17BrClN3O3S/c20-14-7-9-15(10-8-14)28(25,26)24-11-3-4-13(12-24)19-22-18(23-27-19)16-5-1-2-6-17(16)21/h1-2,5-10,13H,3-4,11-12H2/t13-/m0/s1. The highest BCUT2D eigenvalue weighted by molar-refractivity contribution is 9.10. The van der Waals surface area contributed by atoms with E-state index in [0.29, 0.717) is 35.4 Å². The van der Waals surface area contributed by atoms with Crippen molar-refractivity contribution in [2.45, 2.75) is 23.7 Å². The average Bonchev–Trinajstić information content (AvgIpc) is 3.19. The van der Waals surface area contributed by atoms with Gasteiger partial charge in [0.2, 0.25) is 21.7 Å². The largest absolute Gasteiger partial charge is 0.339 e. The molecule has 1 aromatic heterocycles. The molecule has 1 saturated heterocycles. The van der Waals surface area contributed by atoms with Gasteiger partial charge in [-0.3, -0.25) is 0 Å². The molecular weight excluding hydrogens is 466 g/mol. The first kappa shape index (κ1) is 19.6. The molecule has 1 aliphatic rings. The van der Waals surface area contributed by atoms with Gasteiger partial charge >= 0.3 is 0 Å². The lowest BCUT2D eigenvalue weighted by Gasteiger charge is -2.30. The van der Waals surface area contributed by atoms with Gasteiger partial charge < -0.3 is 4.52 Å². The molecule has 0 saturated carbocycles. The zero-order valence-electron chi connectivity index (χ0n) is 14.8. The monoisotopic (exact) mass is 481 g/mol. The number of nitrogens with zero attached hydrogens (tertiary/aromatic N) is 3. The smallest absolute Gasteiger partial charge is 0.243 e. The van der Waals surface area contributed by atoms with Crippen LogP contribution in [-0.4, -0.2) is 36.0 Å². The summed E-state index contributed by atoms with van der Waals surface area (Å²) in [4.78, 5) is 4.75. The van der Waals surface area contributed by atoms with Crippen molar-refractivity contribution in [1.29, 1.82) is 0 Å². The molecule has 0 aliphatic carbocycles. The second-order valence-electron chi connectivity index (χ2n) is 6.59. The van der Waals surface area contributed by atoms with E-state index in [0.717, 1.165) is 17.3 Å². The normalized spacial score (nSPS) is 18.3. The molecule has 2 aromatic carbocycles. The first-order valence-electron chi connectivity index (χ1n) is 8.79. The Morgan fingerprint density at radius 1 is 1.14 bits per heavy atom. The number of sulfonamides is 1. The Kier molecular flexibility index (Phi) is 5.55. The van der Waals surface area contributed by atoms with Crippen molar-refractivity contribution in [2.75, 3.05) is 13.1 Å². The molecule has 0 unspecified atom stereocenters. The zero-order chi connectivity index (χ0) is 19.7. The molecule has 0 spiro atoms. The molecule has 1 aliphatic heterocycles. The number of hydrogen-bond acceptors (Lipinski definition) is 5. The van der Waals surface area contributed by atoms with Crippen molar-refractivity contribution >= 4 is 37.6 Å². The first-order valence-corrected chi connectivity index (χ1v) is 11.4. The van der Waals surface area contributed by atoms with Crippen molar-refractivity contribution < 1.29 is 12.9 Å². The van der Waals surface area contributed by atoms with Crippen LogP contribution in [0, 0.1) is 0 Å². The first-order chi connectivity index (χ1) is 13.4. The molecule has 146 valence electrons. The van der Waals surface area contributed by atoms with Crippen LogP contribution < -0.4 is 0 Å². The van der Waals surface area contributed by atoms with Gasteiger partial charge in [-0.15, -0.1) is 0 Å². The van der Waals surface area contributed by atoms with Crippen LogP contribution in [0.2, 0.25) is 5.02 Å². The molecule has 0 amide bonds. The maximum absolute atomic E-state index is 13.0. The maximum Gasteiger partial charge on any atom is 0.243 e. The third-order valence-electron chi connectivity index (χ3n) is 4.74. The third kappa shape index (κ3) is 3.87. The van der Waals surface area contributed by atoms with E-state index in [9.17, 15) is 8.42 Å². The van der Waals surface area contributed by atoms with Crippen molar-refractivity contribution in [1.82, 2.24) is 14.4 Å². The lowest BCUT2D eigenvalue weighted by atomic mass is 10.00. The molecule has 0 radical (unpaired) electrons. The summed E-state index contributed by atoms with van der Waals surface area (Å²) >= 11 is 9.53. The SMILES string of the molecule is O=S(=O)(c1ccc(Br)cc1)N1CCC[C@H](c2nc(-c3ccccc3Cl)no2)C1. The van der Waals surface area contributed by atoms with Crippen LogP contribution in [0.15, 0.2) is 62.4 Å². The van der Waals surface area contributed by atoms with Crippen LogP contribution in [-0.2, 0) is 10.0 Å². The Hall–Kier alpha value is -1.74.